The maximum atomic E-state index is 13.5. The zero-order chi connectivity index (χ0) is 24.3. The van der Waals surface area contributed by atoms with Crippen LogP contribution in [-0.2, 0) is 32.5 Å². The summed E-state index contributed by atoms with van der Waals surface area (Å²) in [6.07, 6.45) is -4.87. The van der Waals surface area contributed by atoms with Crippen LogP contribution in [-0.4, -0.2) is 23.4 Å². The largest absolute Gasteiger partial charge is 0.417 e. The van der Waals surface area contributed by atoms with E-state index in [4.69, 9.17) is 5.26 Å². The molecule has 172 valence electrons. The Balaban J connectivity index is 1.94. The van der Waals surface area contributed by atoms with Crippen LogP contribution in [0.2, 0.25) is 0 Å². The molecule has 0 amide bonds. The molecule has 3 aromatic carbocycles. The van der Waals surface area contributed by atoms with Gasteiger partial charge < -0.3 is 0 Å². The zero-order valence-corrected chi connectivity index (χ0v) is 18.5. The van der Waals surface area contributed by atoms with Gasteiger partial charge in [0.15, 0.2) is 0 Å². The van der Waals surface area contributed by atoms with Gasteiger partial charge in [0.25, 0.3) is 0 Å². The minimum absolute atomic E-state index is 0.147. The molecule has 6 nitrogen and oxygen atoms in total. The van der Waals surface area contributed by atoms with Crippen LogP contribution >= 0.6 is 0 Å². The number of hydrogen-bond donors (Lipinski definition) is 1. The van der Waals surface area contributed by atoms with E-state index in [1.54, 1.807) is 18.2 Å². The summed E-state index contributed by atoms with van der Waals surface area (Å²) < 4.78 is 93.8. The Morgan fingerprint density at radius 1 is 0.848 bits per heavy atom. The molecule has 0 heterocycles. The number of halogens is 3. The number of rotatable bonds is 7. The Morgan fingerprint density at radius 3 is 2.06 bits per heavy atom. The predicted octanol–water partition coefficient (Wildman–Crippen LogP) is 3.93. The first-order chi connectivity index (χ1) is 15.4. The molecular weight excluding hydrogens is 477 g/mol. The van der Waals surface area contributed by atoms with Crippen molar-refractivity contribution in [1.82, 2.24) is 4.72 Å². The molecule has 3 aromatic rings. The highest BCUT2D eigenvalue weighted by Gasteiger charge is 2.38. The van der Waals surface area contributed by atoms with Gasteiger partial charge in [0.1, 0.15) is 0 Å². The van der Waals surface area contributed by atoms with Gasteiger partial charge in [-0.15, -0.1) is 0 Å². The Morgan fingerprint density at radius 2 is 1.48 bits per heavy atom. The van der Waals surface area contributed by atoms with Gasteiger partial charge in [-0.1, -0.05) is 30.3 Å². The Labute approximate surface area is 189 Å². The lowest BCUT2D eigenvalue weighted by molar-refractivity contribution is -0.139. The van der Waals surface area contributed by atoms with Crippen molar-refractivity contribution in [2.45, 2.75) is 27.3 Å². The maximum absolute atomic E-state index is 13.5. The molecule has 0 aliphatic heterocycles. The average molecular weight is 495 g/mol. The summed E-state index contributed by atoms with van der Waals surface area (Å²) in [5.41, 5.74) is -0.404. The summed E-state index contributed by atoms with van der Waals surface area (Å²) in [6, 6.07) is 16.9. The van der Waals surface area contributed by atoms with Crippen LogP contribution in [0.3, 0.4) is 0 Å². The highest BCUT2D eigenvalue weighted by atomic mass is 32.2. The van der Waals surface area contributed by atoms with E-state index in [1.165, 1.54) is 36.4 Å². The second-order valence-electron chi connectivity index (χ2n) is 6.93. The second kappa shape index (κ2) is 9.35. The van der Waals surface area contributed by atoms with Gasteiger partial charge in [-0.05, 0) is 54.4 Å². The molecule has 0 saturated carbocycles. The minimum atomic E-state index is -5.02. The van der Waals surface area contributed by atoms with E-state index in [2.05, 4.69) is 4.72 Å². The van der Waals surface area contributed by atoms with Crippen molar-refractivity contribution >= 4 is 19.9 Å². The van der Waals surface area contributed by atoms with Crippen molar-refractivity contribution in [3.8, 4) is 6.07 Å². The van der Waals surface area contributed by atoms with Gasteiger partial charge >= 0.3 is 6.18 Å². The Hall–Kier alpha value is -3.20. The molecule has 33 heavy (non-hydrogen) atoms. The third kappa shape index (κ3) is 5.60. The van der Waals surface area contributed by atoms with Crippen LogP contribution in [0.4, 0.5) is 13.2 Å². The summed E-state index contributed by atoms with van der Waals surface area (Å²) in [5, 5.41) is 8.80. The molecule has 11 heteroatoms. The quantitative estimate of drug-likeness (QED) is 0.536. The molecule has 0 aliphatic rings. The molecule has 0 bridgehead atoms. The monoisotopic (exact) mass is 494 g/mol. The molecular formula is C22H17F3N2O4S2. The second-order valence-corrected chi connectivity index (χ2v) is 10.6. The van der Waals surface area contributed by atoms with Crippen LogP contribution in [0.1, 0.15) is 16.7 Å². The van der Waals surface area contributed by atoms with E-state index in [0.717, 1.165) is 6.07 Å². The van der Waals surface area contributed by atoms with E-state index in [1.807, 2.05) is 6.07 Å². The third-order valence-electron chi connectivity index (χ3n) is 4.70. The SMILES string of the molecule is N#Cc1ccc(CCNS(=O)(=O)c2cc(S(=O)(=O)c3ccccc3)ccc2C(F)(F)F)cc1. The molecule has 3 rings (SSSR count). The first-order valence-electron chi connectivity index (χ1n) is 9.45. The number of hydrogen-bond acceptors (Lipinski definition) is 5. The summed E-state index contributed by atoms with van der Waals surface area (Å²) in [5.74, 6) is 0. The van der Waals surface area contributed by atoms with Crippen LogP contribution in [0.25, 0.3) is 0 Å². The first-order valence-corrected chi connectivity index (χ1v) is 12.4. The molecule has 0 aliphatic carbocycles. The van der Waals surface area contributed by atoms with Crippen molar-refractivity contribution in [3.05, 3.63) is 89.5 Å². The standard InChI is InChI=1S/C22H17F3N2O4S2/c23-22(24,25)20-11-10-19(32(28,29)18-4-2-1-3-5-18)14-21(20)33(30,31)27-13-12-16-6-8-17(15-26)9-7-16/h1-11,14,27H,12-13H2. The lowest BCUT2D eigenvalue weighted by atomic mass is 10.1. The minimum Gasteiger partial charge on any atom is -0.219 e. The van der Waals surface area contributed by atoms with Gasteiger partial charge in [0, 0.05) is 6.54 Å². The lowest BCUT2D eigenvalue weighted by Gasteiger charge is -2.16. The number of alkyl halides is 3. The van der Waals surface area contributed by atoms with E-state index >= 15 is 0 Å². The van der Waals surface area contributed by atoms with Crippen molar-refractivity contribution in [2.75, 3.05) is 6.54 Å². The van der Waals surface area contributed by atoms with Crippen molar-refractivity contribution < 1.29 is 30.0 Å². The number of nitriles is 1. The third-order valence-corrected chi connectivity index (χ3v) is 7.97. The van der Waals surface area contributed by atoms with Crippen molar-refractivity contribution in [2.24, 2.45) is 0 Å². The van der Waals surface area contributed by atoms with Crippen LogP contribution < -0.4 is 4.72 Å². The maximum Gasteiger partial charge on any atom is 0.417 e. The fraction of sp³-hybridized carbons (Fsp3) is 0.136. The molecule has 0 fully saturated rings. The van der Waals surface area contributed by atoms with Crippen molar-refractivity contribution in [3.63, 3.8) is 0 Å². The van der Waals surface area contributed by atoms with Gasteiger partial charge in [-0.25, -0.2) is 21.6 Å². The Bertz CT molecular complexity index is 1400. The topological polar surface area (TPSA) is 104 Å². The molecule has 0 radical (unpaired) electrons. The van der Waals surface area contributed by atoms with Gasteiger partial charge in [-0.3, -0.25) is 0 Å². The summed E-state index contributed by atoms with van der Waals surface area (Å²) in [4.78, 5) is -1.93. The van der Waals surface area contributed by atoms with Gasteiger partial charge in [0.05, 0.1) is 31.9 Å². The zero-order valence-electron chi connectivity index (χ0n) is 16.9. The van der Waals surface area contributed by atoms with Gasteiger partial charge in [-0.2, -0.15) is 18.4 Å². The average Bonchev–Trinajstić information content (AvgIpc) is 2.79. The number of sulfone groups is 1. The molecule has 0 unspecified atom stereocenters. The number of nitrogens with one attached hydrogen (secondary N) is 1. The number of benzene rings is 3. The fourth-order valence-corrected chi connectivity index (χ4v) is 5.68. The van der Waals surface area contributed by atoms with Crippen LogP contribution in [0.5, 0.6) is 0 Å². The highest BCUT2D eigenvalue weighted by molar-refractivity contribution is 7.91. The molecule has 0 atom stereocenters. The predicted molar refractivity (Wildman–Crippen MR) is 113 cm³/mol. The van der Waals surface area contributed by atoms with Gasteiger partial charge in [0.2, 0.25) is 19.9 Å². The number of nitrogens with zero attached hydrogens (tertiary/aromatic N) is 1. The fourth-order valence-electron chi connectivity index (χ4n) is 3.02. The lowest BCUT2D eigenvalue weighted by Crippen LogP contribution is -2.28. The molecule has 1 N–H and O–H groups in total. The van der Waals surface area contributed by atoms with E-state index in [0.29, 0.717) is 23.3 Å². The summed E-state index contributed by atoms with van der Waals surface area (Å²) in [6.45, 7) is -0.235. The smallest absolute Gasteiger partial charge is 0.219 e. The summed E-state index contributed by atoms with van der Waals surface area (Å²) in [7, 11) is -8.95. The molecule has 0 spiro atoms. The highest BCUT2D eigenvalue weighted by Crippen LogP contribution is 2.36. The van der Waals surface area contributed by atoms with E-state index < -0.39 is 41.4 Å². The molecule has 0 aromatic heterocycles. The van der Waals surface area contributed by atoms with Crippen molar-refractivity contribution in [1.29, 1.82) is 5.26 Å². The molecule has 0 saturated heterocycles. The van der Waals surface area contributed by atoms with E-state index in [-0.39, 0.29) is 17.9 Å². The summed E-state index contributed by atoms with van der Waals surface area (Å²) >= 11 is 0. The first kappa shape index (κ1) is 24.4. The normalized spacial score (nSPS) is 12.3. The Kier molecular flexibility index (Phi) is 6.92. The van der Waals surface area contributed by atoms with Crippen LogP contribution in [0, 0.1) is 11.3 Å². The van der Waals surface area contributed by atoms with Crippen LogP contribution in [0.15, 0.2) is 87.5 Å². The van der Waals surface area contributed by atoms with E-state index in [9.17, 15) is 30.0 Å². The number of sulfonamides is 1.